The molecular formula is C26H28Cl2N4O4S. The van der Waals surface area contributed by atoms with Crippen LogP contribution in [0, 0.1) is 0 Å². The van der Waals surface area contributed by atoms with Gasteiger partial charge < -0.3 is 30.7 Å². The van der Waals surface area contributed by atoms with E-state index >= 15 is 0 Å². The molecule has 196 valence electrons. The van der Waals surface area contributed by atoms with Gasteiger partial charge in [-0.25, -0.2) is 4.79 Å². The number of thiocarbonyl (C=S) groups is 1. The molecule has 11 heteroatoms. The number of hydrogen-bond donors (Lipinski definition) is 4. The normalized spacial score (nSPS) is 10.1. The Morgan fingerprint density at radius 2 is 1.41 bits per heavy atom. The van der Waals surface area contributed by atoms with Crippen molar-refractivity contribution >= 4 is 69.5 Å². The standard InChI is InChI=1S/C19H22Cl2N4O2S.C7H6O2/c1-12(26)22-13-4-6-14(7-5-13)23-19(28)24-15-10-16(20)18(17(21)11-15)27-9-8-25(2)3;8-7(9)6-4-2-1-3-5-6/h4-7,10-11H,8-9H2,1-3H3,(H,22,26)(H2,23,24,28);1-5H,(H,8,9). The fourth-order valence-corrected chi connectivity index (χ4v) is 3.65. The van der Waals surface area contributed by atoms with Crippen molar-refractivity contribution in [2.75, 3.05) is 43.2 Å². The van der Waals surface area contributed by atoms with Gasteiger partial charge in [-0.1, -0.05) is 41.4 Å². The summed E-state index contributed by atoms with van der Waals surface area (Å²) in [6.07, 6.45) is 0. The summed E-state index contributed by atoms with van der Waals surface area (Å²) in [7, 11) is 3.92. The average molecular weight is 564 g/mol. The van der Waals surface area contributed by atoms with E-state index in [9.17, 15) is 9.59 Å². The number of likely N-dealkylation sites (N-methyl/N-ethyl adjacent to an activating group) is 1. The largest absolute Gasteiger partial charge is 0.489 e. The lowest BCUT2D eigenvalue weighted by Gasteiger charge is -2.15. The van der Waals surface area contributed by atoms with Crippen LogP contribution in [0.25, 0.3) is 0 Å². The van der Waals surface area contributed by atoms with Gasteiger partial charge in [0.25, 0.3) is 0 Å². The molecule has 3 rings (SSSR count). The quantitative estimate of drug-likeness (QED) is 0.245. The first-order valence-electron chi connectivity index (χ1n) is 11.1. The lowest BCUT2D eigenvalue weighted by Crippen LogP contribution is -2.20. The number of carboxylic acid groups (broad SMARTS) is 1. The summed E-state index contributed by atoms with van der Waals surface area (Å²) < 4.78 is 5.66. The van der Waals surface area contributed by atoms with E-state index in [1.54, 1.807) is 66.7 Å². The maximum absolute atomic E-state index is 11.1. The molecule has 0 saturated carbocycles. The van der Waals surface area contributed by atoms with Crippen molar-refractivity contribution in [2.45, 2.75) is 6.92 Å². The number of rotatable bonds is 8. The number of ether oxygens (including phenoxy) is 1. The summed E-state index contributed by atoms with van der Waals surface area (Å²) >= 11 is 17.9. The van der Waals surface area contributed by atoms with Gasteiger partial charge in [0.15, 0.2) is 10.9 Å². The van der Waals surface area contributed by atoms with Gasteiger partial charge in [-0.3, -0.25) is 4.79 Å². The molecule has 1 amide bonds. The van der Waals surface area contributed by atoms with E-state index < -0.39 is 5.97 Å². The first-order valence-corrected chi connectivity index (χ1v) is 12.2. The van der Waals surface area contributed by atoms with Gasteiger partial charge in [0, 0.05) is 30.5 Å². The van der Waals surface area contributed by atoms with Crippen LogP contribution in [0.5, 0.6) is 5.75 Å². The second-order valence-electron chi connectivity index (χ2n) is 7.93. The minimum Gasteiger partial charge on any atom is -0.489 e. The molecule has 0 atom stereocenters. The minimum atomic E-state index is -0.879. The van der Waals surface area contributed by atoms with Gasteiger partial charge in [-0.2, -0.15) is 0 Å². The molecule has 0 aliphatic heterocycles. The molecule has 0 fully saturated rings. The topological polar surface area (TPSA) is 103 Å². The molecule has 4 N–H and O–H groups in total. The molecule has 0 radical (unpaired) electrons. The number of hydrogen-bond acceptors (Lipinski definition) is 5. The van der Waals surface area contributed by atoms with Crippen LogP contribution in [0.3, 0.4) is 0 Å². The number of carboxylic acids is 1. The lowest BCUT2D eigenvalue weighted by molar-refractivity contribution is -0.114. The van der Waals surface area contributed by atoms with E-state index in [0.717, 1.165) is 12.2 Å². The average Bonchev–Trinajstić information content (AvgIpc) is 2.82. The molecule has 0 aromatic heterocycles. The van der Waals surface area contributed by atoms with E-state index in [4.69, 9.17) is 45.3 Å². The number of amides is 1. The molecule has 0 bridgehead atoms. The Bertz CT molecular complexity index is 1190. The lowest BCUT2D eigenvalue weighted by atomic mass is 10.2. The molecule has 0 aliphatic carbocycles. The van der Waals surface area contributed by atoms with Crippen molar-refractivity contribution in [1.82, 2.24) is 4.90 Å². The highest BCUT2D eigenvalue weighted by Gasteiger charge is 2.11. The number of carbonyl (C=O) groups is 2. The Kier molecular flexibility index (Phi) is 12.1. The second-order valence-corrected chi connectivity index (χ2v) is 9.15. The third-order valence-corrected chi connectivity index (χ3v) is 5.29. The summed E-state index contributed by atoms with van der Waals surface area (Å²) in [5.41, 5.74) is 2.45. The van der Waals surface area contributed by atoms with Crippen LogP contribution >= 0.6 is 35.4 Å². The van der Waals surface area contributed by atoms with Gasteiger partial charge in [0.05, 0.1) is 15.6 Å². The zero-order valence-corrected chi connectivity index (χ0v) is 22.9. The van der Waals surface area contributed by atoms with E-state index in [2.05, 4.69) is 16.0 Å². The van der Waals surface area contributed by atoms with Crippen molar-refractivity contribution in [3.8, 4) is 5.75 Å². The number of nitrogens with zero attached hydrogens (tertiary/aromatic N) is 1. The first kappa shape index (κ1) is 29.9. The fraction of sp³-hybridized carbons (Fsp3) is 0.192. The van der Waals surface area contributed by atoms with Crippen molar-refractivity contribution in [3.05, 3.63) is 82.3 Å². The zero-order valence-electron chi connectivity index (χ0n) is 20.5. The van der Waals surface area contributed by atoms with Crippen molar-refractivity contribution < 1.29 is 19.4 Å². The number of benzene rings is 3. The highest BCUT2D eigenvalue weighted by molar-refractivity contribution is 7.80. The van der Waals surface area contributed by atoms with Gasteiger partial charge in [0.1, 0.15) is 6.61 Å². The van der Waals surface area contributed by atoms with Gasteiger partial charge in [-0.15, -0.1) is 0 Å². The van der Waals surface area contributed by atoms with Crippen molar-refractivity contribution in [3.63, 3.8) is 0 Å². The third kappa shape index (κ3) is 11.1. The van der Waals surface area contributed by atoms with Crippen LogP contribution in [0.4, 0.5) is 17.1 Å². The van der Waals surface area contributed by atoms with E-state index in [-0.39, 0.29) is 5.91 Å². The van der Waals surface area contributed by atoms with Crippen LogP contribution in [-0.4, -0.2) is 54.2 Å². The molecule has 37 heavy (non-hydrogen) atoms. The number of aromatic carboxylic acids is 1. The molecule has 0 heterocycles. The van der Waals surface area contributed by atoms with Crippen LogP contribution in [-0.2, 0) is 4.79 Å². The Morgan fingerprint density at radius 1 is 0.892 bits per heavy atom. The summed E-state index contributed by atoms with van der Waals surface area (Å²) in [6, 6.07) is 18.9. The monoisotopic (exact) mass is 562 g/mol. The van der Waals surface area contributed by atoms with Crippen LogP contribution in [0.1, 0.15) is 17.3 Å². The van der Waals surface area contributed by atoms with Crippen LogP contribution in [0.2, 0.25) is 10.0 Å². The van der Waals surface area contributed by atoms with Crippen LogP contribution in [0.15, 0.2) is 66.7 Å². The number of nitrogens with one attached hydrogen (secondary N) is 3. The molecule has 3 aromatic rings. The van der Waals surface area contributed by atoms with Gasteiger partial charge in [-0.05, 0) is 74.8 Å². The maximum atomic E-state index is 11.1. The smallest absolute Gasteiger partial charge is 0.335 e. The molecule has 3 aromatic carbocycles. The summed E-state index contributed by atoms with van der Waals surface area (Å²) in [6.45, 7) is 2.69. The van der Waals surface area contributed by atoms with E-state index in [0.29, 0.717) is 44.5 Å². The molecule has 0 unspecified atom stereocenters. The third-order valence-electron chi connectivity index (χ3n) is 4.52. The number of anilines is 3. The van der Waals surface area contributed by atoms with E-state index in [1.807, 2.05) is 19.0 Å². The zero-order chi connectivity index (χ0) is 27.4. The number of halogens is 2. The molecular weight excluding hydrogens is 535 g/mol. The fourth-order valence-electron chi connectivity index (χ4n) is 2.81. The first-order chi connectivity index (χ1) is 17.5. The summed E-state index contributed by atoms with van der Waals surface area (Å²) in [5, 5.41) is 18.4. The Morgan fingerprint density at radius 3 is 1.86 bits per heavy atom. The highest BCUT2D eigenvalue weighted by atomic mass is 35.5. The van der Waals surface area contributed by atoms with Gasteiger partial charge in [0.2, 0.25) is 5.91 Å². The maximum Gasteiger partial charge on any atom is 0.335 e. The van der Waals surface area contributed by atoms with E-state index in [1.165, 1.54) is 6.92 Å². The second kappa shape index (κ2) is 15.0. The van der Waals surface area contributed by atoms with Crippen molar-refractivity contribution in [1.29, 1.82) is 0 Å². The van der Waals surface area contributed by atoms with Gasteiger partial charge >= 0.3 is 5.97 Å². The predicted octanol–water partition coefficient (Wildman–Crippen LogP) is 6.09. The summed E-state index contributed by atoms with van der Waals surface area (Å²) in [5.74, 6) is -0.556. The summed E-state index contributed by atoms with van der Waals surface area (Å²) in [4.78, 5) is 23.3. The molecule has 0 saturated heterocycles. The molecule has 0 spiro atoms. The van der Waals surface area contributed by atoms with Crippen LogP contribution < -0.4 is 20.7 Å². The Labute approximate surface area is 231 Å². The highest BCUT2D eigenvalue weighted by Crippen LogP contribution is 2.36. The Hall–Kier alpha value is -3.37. The van der Waals surface area contributed by atoms with Crippen molar-refractivity contribution in [2.24, 2.45) is 0 Å². The Balaban J connectivity index is 0.000000449. The SMILES string of the molecule is CC(=O)Nc1ccc(NC(=S)Nc2cc(Cl)c(OCCN(C)C)c(Cl)c2)cc1.O=C(O)c1ccccc1. The molecule has 0 aliphatic rings. The molecule has 8 nitrogen and oxygen atoms in total. The minimum absolute atomic E-state index is 0.124. The predicted molar refractivity (Wildman–Crippen MR) is 155 cm³/mol. The number of carbonyl (C=O) groups excluding carboxylic acids is 1.